The number of hydrogen-bond donors (Lipinski definition) is 0. The Morgan fingerprint density at radius 3 is 2.82 bits per heavy atom. The van der Waals surface area contributed by atoms with Gasteiger partial charge >= 0.3 is 0 Å². The molecule has 1 aromatic heterocycles. The fourth-order valence-corrected chi connectivity index (χ4v) is 1.25. The van der Waals surface area contributed by atoms with Crippen LogP contribution in [0.2, 0.25) is 0 Å². The summed E-state index contributed by atoms with van der Waals surface area (Å²) in [6, 6.07) is 10.4. The summed E-state index contributed by atoms with van der Waals surface area (Å²) in [4.78, 5) is 4.14. The normalized spacial score (nSPS) is 10.2. The molecule has 0 aliphatic rings. The summed E-state index contributed by atoms with van der Waals surface area (Å²) in [5.74, 6) is 5.56. The van der Waals surface area contributed by atoms with Crippen molar-refractivity contribution < 1.29 is 8.81 Å². The minimum Gasteiger partial charge on any atom is -0.438 e. The van der Waals surface area contributed by atoms with Crippen molar-refractivity contribution in [2.45, 2.75) is 0 Å². The summed E-state index contributed by atoms with van der Waals surface area (Å²) in [7, 11) is 0. The summed E-state index contributed by atoms with van der Waals surface area (Å²) in [6.07, 6.45) is 3.04. The molecular weight excluding hydrogens is 217 g/mol. The van der Waals surface area contributed by atoms with Gasteiger partial charge in [-0.1, -0.05) is 42.2 Å². The maximum atomic E-state index is 12.5. The van der Waals surface area contributed by atoms with Crippen molar-refractivity contribution in [3.63, 3.8) is 0 Å². The van der Waals surface area contributed by atoms with E-state index in [1.165, 1.54) is 12.3 Å². The molecule has 0 saturated heterocycles. The number of hydrogen-bond acceptors (Lipinski definition) is 2. The number of rotatable bonds is 2. The lowest BCUT2D eigenvalue weighted by atomic mass is 10.2. The van der Waals surface area contributed by atoms with Gasteiger partial charge < -0.3 is 4.42 Å². The van der Waals surface area contributed by atoms with Crippen LogP contribution in [-0.4, -0.2) is 12.8 Å². The van der Waals surface area contributed by atoms with Crippen molar-refractivity contribution in [2.24, 2.45) is 4.99 Å². The molecule has 0 atom stereocenters. The van der Waals surface area contributed by atoms with Crippen molar-refractivity contribution in [3.05, 3.63) is 59.8 Å². The lowest BCUT2D eigenvalue weighted by molar-refractivity contribution is 0.359. The molecule has 0 aliphatic carbocycles. The zero-order valence-electron chi connectivity index (χ0n) is 9.06. The van der Waals surface area contributed by atoms with Gasteiger partial charge in [0, 0.05) is 12.3 Å². The number of nitrogens with zero attached hydrogens (tertiary/aromatic N) is 1. The minimum atomic E-state index is -0.623. The molecular formula is C14H10FNO. The predicted molar refractivity (Wildman–Crippen MR) is 64.4 cm³/mol. The summed E-state index contributed by atoms with van der Waals surface area (Å²) >= 11 is 0. The lowest BCUT2D eigenvalue weighted by Crippen LogP contribution is -1.81. The first-order chi connectivity index (χ1) is 8.34. The standard InChI is InChI=1S/C14H10FNO/c15-14-9-13(11-17-14)7-4-8-16-10-12-5-2-1-3-6-12/h1-3,5-6,9-11H,8H2. The van der Waals surface area contributed by atoms with Crippen LogP contribution in [0.15, 0.2) is 52.1 Å². The second kappa shape index (κ2) is 5.66. The van der Waals surface area contributed by atoms with Crippen LogP contribution in [0.5, 0.6) is 0 Å². The summed E-state index contributed by atoms with van der Waals surface area (Å²) in [5, 5.41) is 0. The van der Waals surface area contributed by atoms with Gasteiger partial charge in [-0.3, -0.25) is 4.99 Å². The van der Waals surface area contributed by atoms with E-state index < -0.39 is 6.01 Å². The molecule has 1 heterocycles. The highest BCUT2D eigenvalue weighted by Crippen LogP contribution is 2.03. The largest absolute Gasteiger partial charge is 0.438 e. The Balaban J connectivity index is 1.88. The first kappa shape index (κ1) is 11.2. The molecule has 0 bridgehead atoms. The van der Waals surface area contributed by atoms with Crippen LogP contribution in [0.4, 0.5) is 4.39 Å². The fraction of sp³-hybridized carbons (Fsp3) is 0.0714. The van der Waals surface area contributed by atoms with Crippen LogP contribution in [0.25, 0.3) is 0 Å². The van der Waals surface area contributed by atoms with E-state index in [9.17, 15) is 4.39 Å². The van der Waals surface area contributed by atoms with Crippen molar-refractivity contribution >= 4 is 6.21 Å². The van der Waals surface area contributed by atoms with Crippen LogP contribution >= 0.6 is 0 Å². The summed E-state index contributed by atoms with van der Waals surface area (Å²) in [5.41, 5.74) is 1.56. The average Bonchev–Trinajstić information content (AvgIpc) is 2.76. The number of benzene rings is 1. The van der Waals surface area contributed by atoms with Gasteiger partial charge in [0.2, 0.25) is 0 Å². The van der Waals surface area contributed by atoms with Gasteiger partial charge in [-0.25, -0.2) is 0 Å². The summed E-state index contributed by atoms with van der Waals surface area (Å²) < 4.78 is 16.9. The Morgan fingerprint density at radius 2 is 2.12 bits per heavy atom. The van der Waals surface area contributed by atoms with Crippen molar-refractivity contribution in [1.82, 2.24) is 0 Å². The van der Waals surface area contributed by atoms with Crippen molar-refractivity contribution in [3.8, 4) is 11.8 Å². The van der Waals surface area contributed by atoms with Crippen LogP contribution in [-0.2, 0) is 0 Å². The molecule has 0 fully saturated rings. The topological polar surface area (TPSA) is 25.5 Å². The van der Waals surface area contributed by atoms with Crippen molar-refractivity contribution in [1.29, 1.82) is 0 Å². The van der Waals surface area contributed by atoms with E-state index in [1.807, 2.05) is 30.3 Å². The van der Waals surface area contributed by atoms with Crippen LogP contribution in [0, 0.1) is 17.9 Å². The first-order valence-corrected chi connectivity index (χ1v) is 5.12. The predicted octanol–water partition coefficient (Wildman–Crippen LogP) is 2.89. The van der Waals surface area contributed by atoms with E-state index in [-0.39, 0.29) is 0 Å². The molecule has 0 saturated carbocycles. The van der Waals surface area contributed by atoms with E-state index >= 15 is 0 Å². The molecule has 0 unspecified atom stereocenters. The zero-order valence-corrected chi connectivity index (χ0v) is 9.06. The smallest absolute Gasteiger partial charge is 0.278 e. The van der Waals surface area contributed by atoms with Crippen molar-refractivity contribution in [2.75, 3.05) is 6.54 Å². The van der Waals surface area contributed by atoms with Crippen LogP contribution < -0.4 is 0 Å². The van der Waals surface area contributed by atoms with Gasteiger partial charge in [0.25, 0.3) is 6.01 Å². The van der Waals surface area contributed by atoms with E-state index in [2.05, 4.69) is 21.3 Å². The molecule has 84 valence electrons. The van der Waals surface area contributed by atoms with E-state index in [0.29, 0.717) is 12.1 Å². The Bertz CT molecular complexity index is 561. The highest BCUT2D eigenvalue weighted by atomic mass is 19.1. The maximum absolute atomic E-state index is 12.5. The van der Waals surface area contributed by atoms with E-state index in [0.717, 1.165) is 5.56 Å². The van der Waals surface area contributed by atoms with Crippen LogP contribution in [0.1, 0.15) is 11.1 Å². The van der Waals surface area contributed by atoms with E-state index in [4.69, 9.17) is 0 Å². The molecule has 0 N–H and O–H groups in total. The third-order valence-electron chi connectivity index (χ3n) is 2.01. The highest BCUT2D eigenvalue weighted by molar-refractivity contribution is 5.79. The Kier molecular flexibility index (Phi) is 3.72. The fourth-order valence-electron chi connectivity index (χ4n) is 1.25. The van der Waals surface area contributed by atoms with Gasteiger partial charge in [-0.2, -0.15) is 4.39 Å². The molecule has 1 aromatic carbocycles. The molecule has 0 radical (unpaired) electrons. The van der Waals surface area contributed by atoms with E-state index in [1.54, 1.807) is 6.21 Å². The van der Waals surface area contributed by atoms with Gasteiger partial charge in [-0.05, 0) is 5.56 Å². The maximum Gasteiger partial charge on any atom is 0.278 e. The average molecular weight is 227 g/mol. The molecule has 0 amide bonds. The Hall–Kier alpha value is -2.34. The second-order valence-corrected chi connectivity index (χ2v) is 3.32. The first-order valence-electron chi connectivity index (χ1n) is 5.12. The SMILES string of the molecule is Fc1cc(C#CCN=Cc2ccccc2)co1. The molecule has 17 heavy (non-hydrogen) atoms. The van der Waals surface area contributed by atoms with Gasteiger partial charge in [-0.15, -0.1) is 0 Å². The third kappa shape index (κ3) is 3.62. The molecule has 3 heteroatoms. The summed E-state index contributed by atoms with van der Waals surface area (Å²) in [6.45, 7) is 0.377. The molecule has 2 aromatic rings. The lowest BCUT2D eigenvalue weighted by Gasteiger charge is -1.88. The Morgan fingerprint density at radius 1 is 1.29 bits per heavy atom. The zero-order chi connectivity index (χ0) is 11.9. The van der Waals surface area contributed by atoms with Gasteiger partial charge in [0.05, 0.1) is 5.56 Å². The number of halogens is 1. The molecule has 2 nitrogen and oxygen atoms in total. The molecule has 2 rings (SSSR count). The van der Waals surface area contributed by atoms with Gasteiger partial charge in [0.15, 0.2) is 0 Å². The second-order valence-electron chi connectivity index (χ2n) is 3.32. The molecule has 0 spiro atoms. The van der Waals surface area contributed by atoms with Crippen LogP contribution in [0.3, 0.4) is 0 Å². The third-order valence-corrected chi connectivity index (χ3v) is 2.01. The quantitative estimate of drug-likeness (QED) is 0.572. The molecule has 0 aliphatic heterocycles. The monoisotopic (exact) mass is 227 g/mol. The number of furan rings is 1. The Labute approximate surface area is 98.8 Å². The highest BCUT2D eigenvalue weighted by Gasteiger charge is 1.94. The van der Waals surface area contributed by atoms with Gasteiger partial charge in [0.1, 0.15) is 12.8 Å². The minimum absolute atomic E-state index is 0.377. The number of aliphatic imine (C=N–C) groups is 1.